The lowest BCUT2D eigenvalue weighted by Gasteiger charge is -2.10. The van der Waals surface area contributed by atoms with E-state index >= 15 is 0 Å². The molecule has 0 aliphatic rings. The molecular weight excluding hydrogens is 245 g/mol. The van der Waals surface area contributed by atoms with Crippen LogP contribution in [0.1, 0.15) is 19.8 Å². The third-order valence-corrected chi connectivity index (χ3v) is 2.54. The molecule has 0 radical (unpaired) electrons. The summed E-state index contributed by atoms with van der Waals surface area (Å²) in [5.41, 5.74) is 4.76. The Kier molecular flexibility index (Phi) is 5.15. The molecule has 0 fully saturated rings. The van der Waals surface area contributed by atoms with Gasteiger partial charge in [0.15, 0.2) is 11.6 Å². The number of nitrogens with one attached hydrogen (secondary N) is 1. The van der Waals surface area contributed by atoms with Crippen LogP contribution in [0.4, 0.5) is 18.9 Å². The van der Waals surface area contributed by atoms with Crippen LogP contribution in [0.15, 0.2) is 12.1 Å². The van der Waals surface area contributed by atoms with Gasteiger partial charge in [-0.1, -0.05) is 6.92 Å². The number of carbonyl (C=O) groups excluding carboxylic acids is 1. The highest BCUT2D eigenvalue weighted by Crippen LogP contribution is 2.20. The zero-order valence-corrected chi connectivity index (χ0v) is 9.97. The topological polar surface area (TPSA) is 55.1 Å². The van der Waals surface area contributed by atoms with Crippen molar-refractivity contribution in [3.8, 4) is 0 Å². The van der Waals surface area contributed by atoms with Crippen LogP contribution in [-0.4, -0.2) is 12.5 Å². The number of amides is 1. The van der Waals surface area contributed by atoms with E-state index in [-0.39, 0.29) is 12.3 Å². The summed E-state index contributed by atoms with van der Waals surface area (Å²) in [4.78, 5) is 11.4. The average molecular weight is 260 g/mol. The van der Waals surface area contributed by atoms with Crippen molar-refractivity contribution < 1.29 is 18.0 Å². The molecule has 0 aliphatic carbocycles. The SMILES string of the molecule is CC(CN)CCC(=O)Nc1c(F)cc(F)cc1F. The number of carbonyl (C=O) groups is 1. The van der Waals surface area contributed by atoms with Gasteiger partial charge in [0.2, 0.25) is 5.91 Å². The minimum absolute atomic E-state index is 0.106. The molecule has 18 heavy (non-hydrogen) atoms. The van der Waals surface area contributed by atoms with Crippen LogP contribution >= 0.6 is 0 Å². The van der Waals surface area contributed by atoms with Crippen molar-refractivity contribution in [2.24, 2.45) is 11.7 Å². The van der Waals surface area contributed by atoms with E-state index in [2.05, 4.69) is 5.32 Å². The van der Waals surface area contributed by atoms with Gasteiger partial charge in [0.05, 0.1) is 0 Å². The fraction of sp³-hybridized carbons (Fsp3) is 0.417. The van der Waals surface area contributed by atoms with Crippen LogP contribution in [0.25, 0.3) is 0 Å². The van der Waals surface area contributed by atoms with Gasteiger partial charge >= 0.3 is 0 Å². The zero-order valence-electron chi connectivity index (χ0n) is 9.97. The Bertz CT molecular complexity index is 414. The summed E-state index contributed by atoms with van der Waals surface area (Å²) in [5.74, 6) is -3.67. The summed E-state index contributed by atoms with van der Waals surface area (Å²) in [6, 6.07) is 1.03. The highest BCUT2D eigenvalue weighted by atomic mass is 19.1. The normalized spacial score (nSPS) is 12.3. The summed E-state index contributed by atoms with van der Waals surface area (Å²) in [6.45, 7) is 2.30. The molecule has 1 aromatic carbocycles. The summed E-state index contributed by atoms with van der Waals surface area (Å²) in [6.07, 6.45) is 0.626. The number of nitrogens with two attached hydrogens (primary N) is 1. The van der Waals surface area contributed by atoms with Gasteiger partial charge in [-0.3, -0.25) is 4.79 Å². The van der Waals surface area contributed by atoms with Crippen molar-refractivity contribution in [2.45, 2.75) is 19.8 Å². The van der Waals surface area contributed by atoms with Gasteiger partial charge in [-0.05, 0) is 18.9 Å². The van der Waals surface area contributed by atoms with Crippen molar-refractivity contribution in [3.05, 3.63) is 29.6 Å². The summed E-state index contributed by atoms with van der Waals surface area (Å²) < 4.78 is 39.1. The molecule has 0 aliphatic heterocycles. The molecule has 0 saturated heterocycles. The standard InChI is InChI=1S/C12H15F3N2O/c1-7(6-16)2-3-11(18)17-12-9(14)4-8(13)5-10(12)15/h4-5,7H,2-3,6,16H2,1H3,(H,17,18). The Labute approximate surface area is 103 Å². The van der Waals surface area contributed by atoms with Gasteiger partial charge in [0.1, 0.15) is 11.5 Å². The first-order chi connectivity index (χ1) is 8.43. The van der Waals surface area contributed by atoms with Gasteiger partial charge in [-0.25, -0.2) is 13.2 Å². The highest BCUT2D eigenvalue weighted by molar-refractivity contribution is 5.90. The van der Waals surface area contributed by atoms with Gasteiger partial charge in [0.25, 0.3) is 0 Å². The van der Waals surface area contributed by atoms with E-state index in [0.29, 0.717) is 25.1 Å². The zero-order chi connectivity index (χ0) is 13.7. The highest BCUT2D eigenvalue weighted by Gasteiger charge is 2.14. The van der Waals surface area contributed by atoms with Crippen molar-refractivity contribution in [1.29, 1.82) is 0 Å². The Morgan fingerprint density at radius 2 is 1.89 bits per heavy atom. The molecule has 1 unspecified atom stereocenters. The minimum Gasteiger partial charge on any atom is -0.330 e. The Morgan fingerprint density at radius 3 is 2.39 bits per heavy atom. The first-order valence-electron chi connectivity index (χ1n) is 5.58. The van der Waals surface area contributed by atoms with Gasteiger partial charge in [-0.2, -0.15) is 0 Å². The van der Waals surface area contributed by atoms with Crippen LogP contribution in [0.2, 0.25) is 0 Å². The lowest BCUT2D eigenvalue weighted by Crippen LogP contribution is -2.17. The predicted molar refractivity (Wildman–Crippen MR) is 62.4 cm³/mol. The second kappa shape index (κ2) is 6.39. The van der Waals surface area contributed by atoms with Gasteiger partial charge in [0, 0.05) is 18.6 Å². The van der Waals surface area contributed by atoms with E-state index in [1.165, 1.54) is 0 Å². The summed E-state index contributed by atoms with van der Waals surface area (Å²) in [5, 5.41) is 2.09. The van der Waals surface area contributed by atoms with Crippen molar-refractivity contribution >= 4 is 11.6 Å². The molecule has 3 N–H and O–H groups in total. The molecule has 1 amide bonds. The largest absolute Gasteiger partial charge is 0.330 e. The van der Waals surface area contributed by atoms with E-state index in [1.807, 2.05) is 6.92 Å². The lowest BCUT2D eigenvalue weighted by molar-refractivity contribution is -0.116. The van der Waals surface area contributed by atoms with E-state index in [9.17, 15) is 18.0 Å². The average Bonchev–Trinajstić information content (AvgIpc) is 2.30. The maximum Gasteiger partial charge on any atom is 0.224 e. The van der Waals surface area contributed by atoms with Gasteiger partial charge in [-0.15, -0.1) is 0 Å². The minimum atomic E-state index is -1.13. The first-order valence-corrected chi connectivity index (χ1v) is 5.58. The molecule has 100 valence electrons. The Hall–Kier alpha value is -1.56. The molecule has 0 aromatic heterocycles. The van der Waals surface area contributed by atoms with E-state index in [1.54, 1.807) is 0 Å². The predicted octanol–water partition coefficient (Wildman–Crippen LogP) is 2.42. The van der Waals surface area contributed by atoms with Crippen LogP contribution in [0.5, 0.6) is 0 Å². The number of rotatable bonds is 5. The maximum atomic E-state index is 13.2. The molecule has 0 saturated carbocycles. The third kappa shape index (κ3) is 4.03. The molecule has 0 heterocycles. The Balaban J connectivity index is 2.65. The van der Waals surface area contributed by atoms with Crippen LogP contribution in [0, 0.1) is 23.4 Å². The second-order valence-corrected chi connectivity index (χ2v) is 4.17. The number of hydrogen-bond donors (Lipinski definition) is 2. The molecule has 0 spiro atoms. The third-order valence-electron chi connectivity index (χ3n) is 2.54. The second-order valence-electron chi connectivity index (χ2n) is 4.17. The Morgan fingerprint density at radius 1 is 1.33 bits per heavy atom. The maximum absolute atomic E-state index is 13.2. The van der Waals surface area contributed by atoms with Crippen LogP contribution in [-0.2, 0) is 4.79 Å². The molecule has 6 heteroatoms. The lowest BCUT2D eigenvalue weighted by atomic mass is 10.1. The first kappa shape index (κ1) is 14.5. The quantitative estimate of drug-likeness (QED) is 0.854. The van der Waals surface area contributed by atoms with Crippen molar-refractivity contribution in [1.82, 2.24) is 0 Å². The fourth-order valence-corrected chi connectivity index (χ4v) is 1.36. The molecular formula is C12H15F3N2O. The monoisotopic (exact) mass is 260 g/mol. The van der Waals surface area contributed by atoms with E-state index < -0.39 is 29.0 Å². The smallest absolute Gasteiger partial charge is 0.224 e. The fourth-order valence-electron chi connectivity index (χ4n) is 1.36. The van der Waals surface area contributed by atoms with E-state index in [0.717, 1.165) is 0 Å². The molecule has 3 nitrogen and oxygen atoms in total. The number of halogens is 3. The summed E-state index contributed by atoms with van der Waals surface area (Å²) >= 11 is 0. The number of benzene rings is 1. The van der Waals surface area contributed by atoms with Crippen molar-refractivity contribution in [2.75, 3.05) is 11.9 Å². The number of hydrogen-bond acceptors (Lipinski definition) is 2. The number of anilines is 1. The van der Waals surface area contributed by atoms with E-state index in [4.69, 9.17) is 5.73 Å². The molecule has 0 bridgehead atoms. The van der Waals surface area contributed by atoms with Crippen LogP contribution in [0.3, 0.4) is 0 Å². The molecule has 1 atom stereocenters. The van der Waals surface area contributed by atoms with Crippen molar-refractivity contribution in [3.63, 3.8) is 0 Å². The van der Waals surface area contributed by atoms with Crippen LogP contribution < -0.4 is 11.1 Å². The summed E-state index contributed by atoms with van der Waals surface area (Å²) in [7, 11) is 0. The molecule has 1 rings (SSSR count). The van der Waals surface area contributed by atoms with Gasteiger partial charge < -0.3 is 11.1 Å². The molecule has 1 aromatic rings.